The van der Waals surface area contributed by atoms with Gasteiger partial charge in [-0.2, -0.15) is 0 Å². The van der Waals surface area contributed by atoms with Crippen molar-refractivity contribution in [1.29, 1.82) is 0 Å². The summed E-state index contributed by atoms with van der Waals surface area (Å²) in [5.41, 5.74) is 3.55. The number of aromatic nitrogens is 1. The number of esters is 1. The Hall–Kier alpha value is -3.29. The number of phenols is 1. The zero-order valence-corrected chi connectivity index (χ0v) is 25.7. The third-order valence-corrected chi connectivity index (χ3v) is 8.93. The van der Waals surface area contributed by atoms with Gasteiger partial charge in [0.2, 0.25) is 11.8 Å². The number of phenolic OH excluding ortho intramolecular Hbond substituents is 1. The second kappa shape index (κ2) is 17.0. The molecule has 3 rings (SSSR count). The van der Waals surface area contributed by atoms with Crippen molar-refractivity contribution in [2.24, 2.45) is 5.92 Å². The van der Waals surface area contributed by atoms with E-state index in [-0.39, 0.29) is 30.4 Å². The number of pyridine rings is 1. The number of hydrogen-bond donors (Lipinski definition) is 4. The SMILES string of the molecule is COC(=O)C1CCCN(C(=O)[C@H](Cc2cccc(O)c2)NC(=O)[C@@H](NC(=O)CCCSSc2ccccn2)C(C)C)N1. The lowest BCUT2D eigenvalue weighted by Crippen LogP contribution is -2.62. The molecule has 0 radical (unpaired) electrons. The van der Waals surface area contributed by atoms with Gasteiger partial charge in [0.25, 0.3) is 5.91 Å². The fourth-order valence-corrected chi connectivity index (χ4v) is 6.36. The molecule has 2 aromatic rings. The van der Waals surface area contributed by atoms with Crippen molar-refractivity contribution in [2.75, 3.05) is 19.4 Å². The van der Waals surface area contributed by atoms with Crippen LogP contribution in [-0.2, 0) is 30.3 Å². The molecule has 3 amide bonds. The van der Waals surface area contributed by atoms with Crippen molar-refractivity contribution in [1.82, 2.24) is 26.1 Å². The van der Waals surface area contributed by atoms with Gasteiger partial charge in [-0.05, 0) is 65.8 Å². The van der Waals surface area contributed by atoms with Gasteiger partial charge in [-0.25, -0.2) is 10.4 Å². The van der Waals surface area contributed by atoms with Crippen LogP contribution in [0.2, 0.25) is 0 Å². The Bertz CT molecular complexity index is 1200. The second-order valence-corrected chi connectivity index (χ2v) is 12.7. The van der Waals surface area contributed by atoms with E-state index < -0.39 is 35.9 Å². The van der Waals surface area contributed by atoms with Crippen LogP contribution in [0.1, 0.15) is 45.1 Å². The van der Waals surface area contributed by atoms with Crippen molar-refractivity contribution in [3.8, 4) is 5.75 Å². The fraction of sp³-hybridized carbons (Fsp3) is 0.483. The molecular formula is C29H39N5O6S2. The zero-order chi connectivity index (χ0) is 30.5. The van der Waals surface area contributed by atoms with Crippen LogP contribution < -0.4 is 16.1 Å². The molecule has 0 spiro atoms. The highest BCUT2D eigenvalue weighted by Gasteiger charge is 2.34. The maximum atomic E-state index is 13.6. The first-order chi connectivity index (χ1) is 20.2. The lowest BCUT2D eigenvalue weighted by molar-refractivity contribution is -0.151. The first-order valence-electron chi connectivity index (χ1n) is 13.9. The normalized spacial score (nSPS) is 16.4. The van der Waals surface area contributed by atoms with Crippen LogP contribution in [0.25, 0.3) is 0 Å². The Balaban J connectivity index is 1.62. The molecule has 0 aliphatic carbocycles. The molecule has 4 N–H and O–H groups in total. The molecule has 1 aliphatic rings. The molecule has 13 heteroatoms. The molecule has 11 nitrogen and oxygen atoms in total. The van der Waals surface area contributed by atoms with Crippen LogP contribution in [0.4, 0.5) is 0 Å². The van der Waals surface area contributed by atoms with E-state index in [0.717, 1.165) is 10.8 Å². The summed E-state index contributed by atoms with van der Waals surface area (Å²) in [6.45, 7) is 3.99. The van der Waals surface area contributed by atoms with E-state index in [0.29, 0.717) is 31.4 Å². The number of hydrogen-bond acceptors (Lipinski definition) is 10. The summed E-state index contributed by atoms with van der Waals surface area (Å²) in [7, 11) is 4.45. The summed E-state index contributed by atoms with van der Waals surface area (Å²) in [6, 6.07) is 9.61. The number of benzene rings is 1. The van der Waals surface area contributed by atoms with Crippen LogP contribution in [0.5, 0.6) is 5.75 Å². The molecule has 1 aromatic carbocycles. The van der Waals surface area contributed by atoms with Gasteiger partial charge >= 0.3 is 5.97 Å². The van der Waals surface area contributed by atoms with Gasteiger partial charge in [0.15, 0.2) is 0 Å². The quantitative estimate of drug-likeness (QED) is 0.142. The lowest BCUT2D eigenvalue weighted by Gasteiger charge is -2.35. The fourth-order valence-electron chi connectivity index (χ4n) is 4.40. The van der Waals surface area contributed by atoms with Gasteiger partial charge in [0.1, 0.15) is 28.9 Å². The number of ether oxygens (including phenoxy) is 1. The summed E-state index contributed by atoms with van der Waals surface area (Å²) in [4.78, 5) is 56.2. The lowest BCUT2D eigenvalue weighted by atomic mass is 10.00. The highest BCUT2D eigenvalue weighted by molar-refractivity contribution is 8.76. The van der Waals surface area contributed by atoms with Gasteiger partial charge < -0.3 is 20.5 Å². The van der Waals surface area contributed by atoms with Crippen molar-refractivity contribution >= 4 is 45.3 Å². The van der Waals surface area contributed by atoms with E-state index in [4.69, 9.17) is 4.74 Å². The number of methoxy groups -OCH3 is 1. The number of hydrazine groups is 1. The van der Waals surface area contributed by atoms with Crippen LogP contribution >= 0.6 is 21.6 Å². The van der Waals surface area contributed by atoms with E-state index >= 15 is 0 Å². The Labute approximate surface area is 254 Å². The van der Waals surface area contributed by atoms with E-state index in [1.54, 1.807) is 39.9 Å². The van der Waals surface area contributed by atoms with E-state index in [2.05, 4.69) is 21.0 Å². The van der Waals surface area contributed by atoms with Crippen molar-refractivity contribution in [3.63, 3.8) is 0 Å². The van der Waals surface area contributed by atoms with Gasteiger partial charge in [-0.15, -0.1) is 0 Å². The number of carbonyl (C=O) groups excluding carboxylic acids is 4. The molecule has 1 aliphatic heterocycles. The van der Waals surface area contributed by atoms with E-state index in [1.807, 2.05) is 32.0 Å². The monoisotopic (exact) mass is 617 g/mol. The minimum absolute atomic E-state index is 0.0378. The third-order valence-electron chi connectivity index (χ3n) is 6.58. The number of nitrogens with one attached hydrogen (secondary N) is 3. The van der Waals surface area contributed by atoms with Crippen LogP contribution in [0, 0.1) is 5.92 Å². The summed E-state index contributed by atoms with van der Waals surface area (Å²) < 4.78 is 4.83. The summed E-state index contributed by atoms with van der Waals surface area (Å²) in [6.07, 6.45) is 3.81. The Morgan fingerprint density at radius 1 is 1.17 bits per heavy atom. The molecule has 1 unspecified atom stereocenters. The first-order valence-corrected chi connectivity index (χ1v) is 16.2. The molecule has 228 valence electrons. The summed E-state index contributed by atoms with van der Waals surface area (Å²) in [5, 5.41) is 17.8. The molecule has 3 atom stereocenters. The van der Waals surface area contributed by atoms with Crippen LogP contribution in [-0.4, -0.2) is 76.3 Å². The summed E-state index contributed by atoms with van der Waals surface area (Å²) >= 11 is 0. The smallest absolute Gasteiger partial charge is 0.324 e. The third kappa shape index (κ3) is 10.5. The zero-order valence-electron chi connectivity index (χ0n) is 24.1. The van der Waals surface area contributed by atoms with Crippen LogP contribution in [0.15, 0.2) is 53.7 Å². The van der Waals surface area contributed by atoms with Gasteiger partial charge in [-0.3, -0.25) is 24.2 Å². The van der Waals surface area contributed by atoms with E-state index in [9.17, 15) is 24.3 Å². The average molecular weight is 618 g/mol. The highest BCUT2D eigenvalue weighted by atomic mass is 33.1. The molecule has 2 heterocycles. The highest BCUT2D eigenvalue weighted by Crippen LogP contribution is 2.29. The minimum atomic E-state index is -1.01. The van der Waals surface area contributed by atoms with Crippen LogP contribution in [0.3, 0.4) is 0 Å². The van der Waals surface area contributed by atoms with E-state index in [1.165, 1.54) is 24.3 Å². The largest absolute Gasteiger partial charge is 0.508 e. The maximum absolute atomic E-state index is 13.6. The van der Waals surface area contributed by atoms with Crippen molar-refractivity contribution < 1.29 is 29.0 Å². The molecule has 42 heavy (non-hydrogen) atoms. The molecule has 1 fully saturated rings. The minimum Gasteiger partial charge on any atom is -0.508 e. The maximum Gasteiger partial charge on any atom is 0.324 e. The predicted molar refractivity (Wildman–Crippen MR) is 162 cm³/mol. The predicted octanol–water partition coefficient (Wildman–Crippen LogP) is 2.84. The molecule has 0 saturated carbocycles. The molecular weight excluding hydrogens is 578 g/mol. The molecule has 1 aromatic heterocycles. The van der Waals surface area contributed by atoms with Crippen molar-refractivity contribution in [3.05, 3.63) is 54.2 Å². The topological polar surface area (TPSA) is 150 Å². The number of carbonyl (C=O) groups is 4. The second-order valence-electron chi connectivity index (χ2n) is 10.2. The number of amides is 3. The molecule has 0 bridgehead atoms. The van der Waals surface area contributed by atoms with Gasteiger partial charge in [0, 0.05) is 31.3 Å². The standard InChI is InChI=1S/C29H39N5O6S2/c1-19(2)26(32-24(36)12-8-16-41-42-25-13-4-5-14-30-25)27(37)31-23(18-20-9-6-10-21(35)17-20)28(38)34-15-7-11-22(33-34)29(39)40-3/h4-6,9-10,13-14,17,19,22-23,26,33,35H,7-8,11-12,15-16,18H2,1-3H3,(H,31,37)(H,32,36)/t22?,23-,26-/m0/s1. The van der Waals surface area contributed by atoms with Gasteiger partial charge in [0.05, 0.1) is 7.11 Å². The average Bonchev–Trinajstić information content (AvgIpc) is 2.99. The first kappa shape index (κ1) is 33.2. The summed E-state index contributed by atoms with van der Waals surface area (Å²) in [5.74, 6) is -1.11. The number of aromatic hydroxyl groups is 1. The van der Waals surface area contributed by atoms with Crippen molar-refractivity contribution in [2.45, 2.75) is 69.1 Å². The number of rotatable bonds is 14. The Morgan fingerprint density at radius 2 is 1.98 bits per heavy atom. The molecule has 1 saturated heterocycles. The van der Waals surface area contributed by atoms with Gasteiger partial charge in [-0.1, -0.05) is 42.8 Å². The Kier molecular flexibility index (Phi) is 13.4. The number of nitrogens with zero attached hydrogens (tertiary/aromatic N) is 2. The Morgan fingerprint density at radius 3 is 2.67 bits per heavy atom.